The van der Waals surface area contributed by atoms with Gasteiger partial charge in [0.15, 0.2) is 10.7 Å². The van der Waals surface area contributed by atoms with Gasteiger partial charge in [-0.1, -0.05) is 6.07 Å². The maximum Gasteiger partial charge on any atom is 0.288 e. The summed E-state index contributed by atoms with van der Waals surface area (Å²) in [7, 11) is -4.27. The molecule has 0 aliphatic carbocycles. The number of nitrogens with zero attached hydrogens (tertiary/aromatic N) is 4. The van der Waals surface area contributed by atoms with Crippen LogP contribution < -0.4 is 0 Å². The van der Waals surface area contributed by atoms with Gasteiger partial charge in [0.25, 0.3) is 10.7 Å². The van der Waals surface area contributed by atoms with E-state index in [0.29, 0.717) is 18.8 Å². The Labute approximate surface area is 170 Å². The highest BCUT2D eigenvalue weighted by atomic mass is 32.2. The number of aromatic nitrogens is 2. The number of sulfonamides is 1. The van der Waals surface area contributed by atoms with E-state index >= 15 is 0 Å². The maximum atomic E-state index is 13.9. The Morgan fingerprint density at radius 1 is 1.07 bits per heavy atom. The van der Waals surface area contributed by atoms with Crippen LogP contribution in [0.25, 0.3) is 11.7 Å². The van der Waals surface area contributed by atoms with Gasteiger partial charge in [0.05, 0.1) is 12.9 Å². The molecule has 0 saturated carbocycles. The second-order valence-electron chi connectivity index (χ2n) is 6.36. The van der Waals surface area contributed by atoms with Crippen molar-refractivity contribution < 1.29 is 26.0 Å². The van der Waals surface area contributed by atoms with Gasteiger partial charge in [0.1, 0.15) is 11.6 Å². The van der Waals surface area contributed by atoms with E-state index in [4.69, 9.17) is 21.1 Å². The minimum absolute atomic E-state index is 0.0757. The monoisotopic (exact) mass is 442 g/mol. The SMILES string of the molecule is O=S(=O)(c1c(F)cccc1F)N1CCN(Cn2nc(-c3ccco3)oc2=S)CC1. The lowest BCUT2D eigenvalue weighted by Gasteiger charge is -2.33. The number of furan rings is 1. The topological polar surface area (TPSA) is 84.7 Å². The second-order valence-corrected chi connectivity index (χ2v) is 8.59. The van der Waals surface area contributed by atoms with Crippen molar-refractivity contribution in [3.05, 3.63) is 53.1 Å². The van der Waals surface area contributed by atoms with Crippen molar-refractivity contribution in [3.8, 4) is 11.7 Å². The molecule has 3 heterocycles. The summed E-state index contributed by atoms with van der Waals surface area (Å²) in [6.45, 7) is 1.10. The van der Waals surface area contributed by atoms with E-state index in [1.807, 2.05) is 4.90 Å². The van der Waals surface area contributed by atoms with Gasteiger partial charge in [-0.25, -0.2) is 21.9 Å². The number of hydrogen-bond donors (Lipinski definition) is 0. The first-order chi connectivity index (χ1) is 13.9. The minimum atomic E-state index is -4.27. The maximum absolute atomic E-state index is 13.9. The third-order valence-corrected chi connectivity index (χ3v) is 6.77. The first-order valence-electron chi connectivity index (χ1n) is 8.64. The van der Waals surface area contributed by atoms with Crippen LogP contribution in [0.5, 0.6) is 0 Å². The second kappa shape index (κ2) is 7.78. The van der Waals surface area contributed by atoms with Crippen molar-refractivity contribution in [1.29, 1.82) is 0 Å². The Balaban J connectivity index is 1.44. The molecule has 1 saturated heterocycles. The van der Waals surface area contributed by atoms with Gasteiger partial charge in [0.2, 0.25) is 10.0 Å². The van der Waals surface area contributed by atoms with Crippen LogP contribution in [0.2, 0.25) is 0 Å². The Bertz CT molecular complexity index is 1150. The molecule has 0 bridgehead atoms. The normalized spacial score (nSPS) is 16.3. The van der Waals surface area contributed by atoms with Gasteiger partial charge < -0.3 is 8.83 Å². The number of benzene rings is 1. The number of hydrogen-bond acceptors (Lipinski definition) is 7. The molecule has 0 spiro atoms. The molecule has 1 fully saturated rings. The summed E-state index contributed by atoms with van der Waals surface area (Å²) in [6, 6.07) is 6.37. The van der Waals surface area contributed by atoms with Crippen LogP contribution in [-0.4, -0.2) is 53.6 Å². The van der Waals surface area contributed by atoms with Crippen LogP contribution in [0.4, 0.5) is 8.78 Å². The Kier molecular flexibility index (Phi) is 5.34. The zero-order chi connectivity index (χ0) is 20.6. The molecule has 0 atom stereocenters. The van der Waals surface area contributed by atoms with Crippen LogP contribution in [-0.2, 0) is 16.7 Å². The van der Waals surface area contributed by atoms with Crippen molar-refractivity contribution in [2.24, 2.45) is 0 Å². The first-order valence-corrected chi connectivity index (χ1v) is 10.5. The van der Waals surface area contributed by atoms with Crippen molar-refractivity contribution in [2.45, 2.75) is 11.6 Å². The van der Waals surface area contributed by atoms with Crippen molar-refractivity contribution in [3.63, 3.8) is 0 Å². The predicted octanol–water partition coefficient (Wildman–Crippen LogP) is 2.71. The van der Waals surface area contributed by atoms with E-state index in [0.717, 1.165) is 22.5 Å². The standard InChI is InChI=1S/C17H16F2N4O4S2/c18-12-3-1-4-13(19)15(12)29(24,25)22-8-6-21(7-9-22)11-23-17(28)27-16(20-23)14-5-2-10-26-14/h1-5,10H,6-9,11H2. The Morgan fingerprint density at radius 2 is 1.76 bits per heavy atom. The predicted molar refractivity (Wildman–Crippen MR) is 99.7 cm³/mol. The van der Waals surface area contributed by atoms with E-state index in [9.17, 15) is 17.2 Å². The molecule has 0 N–H and O–H groups in total. The highest BCUT2D eigenvalue weighted by Crippen LogP contribution is 2.24. The summed E-state index contributed by atoms with van der Waals surface area (Å²) in [5.41, 5.74) is 0. The average molecular weight is 442 g/mol. The molecule has 0 unspecified atom stereocenters. The molecule has 3 aromatic rings. The van der Waals surface area contributed by atoms with E-state index < -0.39 is 26.6 Å². The lowest BCUT2D eigenvalue weighted by Crippen LogP contribution is -2.49. The van der Waals surface area contributed by atoms with Gasteiger partial charge in [-0.05, 0) is 36.5 Å². The van der Waals surface area contributed by atoms with Crippen LogP contribution in [0.3, 0.4) is 0 Å². The highest BCUT2D eigenvalue weighted by molar-refractivity contribution is 7.89. The zero-order valence-electron chi connectivity index (χ0n) is 15.0. The van der Waals surface area contributed by atoms with E-state index in [-0.39, 0.29) is 30.5 Å². The largest absolute Gasteiger partial charge is 0.459 e. The van der Waals surface area contributed by atoms with E-state index in [2.05, 4.69) is 5.10 Å². The zero-order valence-corrected chi connectivity index (χ0v) is 16.6. The fourth-order valence-electron chi connectivity index (χ4n) is 3.05. The average Bonchev–Trinajstić information content (AvgIpc) is 3.32. The van der Waals surface area contributed by atoms with Crippen LogP contribution in [0.1, 0.15) is 0 Å². The third-order valence-electron chi connectivity index (χ3n) is 4.52. The molecule has 4 rings (SSSR count). The molecule has 154 valence electrons. The summed E-state index contributed by atoms with van der Waals surface area (Å²) >= 11 is 5.17. The lowest BCUT2D eigenvalue weighted by molar-refractivity contribution is 0.143. The van der Waals surface area contributed by atoms with Crippen LogP contribution in [0, 0.1) is 16.5 Å². The van der Waals surface area contributed by atoms with Crippen molar-refractivity contribution in [2.75, 3.05) is 26.2 Å². The quantitative estimate of drug-likeness (QED) is 0.562. The van der Waals surface area contributed by atoms with Crippen molar-refractivity contribution in [1.82, 2.24) is 19.0 Å². The van der Waals surface area contributed by atoms with E-state index in [1.165, 1.54) is 10.9 Å². The van der Waals surface area contributed by atoms with Gasteiger partial charge >= 0.3 is 0 Å². The van der Waals surface area contributed by atoms with Crippen LogP contribution >= 0.6 is 12.2 Å². The first kappa shape index (κ1) is 19.9. The highest BCUT2D eigenvalue weighted by Gasteiger charge is 2.33. The fourth-order valence-corrected chi connectivity index (χ4v) is 4.76. The molecule has 8 nitrogen and oxygen atoms in total. The summed E-state index contributed by atoms with van der Waals surface area (Å²) in [6.07, 6.45) is 1.49. The molecule has 0 radical (unpaired) electrons. The van der Waals surface area contributed by atoms with Gasteiger partial charge in [-0.2, -0.15) is 4.31 Å². The van der Waals surface area contributed by atoms with Gasteiger partial charge in [0, 0.05) is 26.2 Å². The molecule has 1 aliphatic rings. The summed E-state index contributed by atoms with van der Waals surface area (Å²) in [5, 5.41) is 4.26. The Hall–Kier alpha value is -2.41. The molecule has 29 heavy (non-hydrogen) atoms. The molecule has 2 aromatic heterocycles. The molecule has 12 heteroatoms. The number of halogens is 2. The van der Waals surface area contributed by atoms with E-state index in [1.54, 1.807) is 12.1 Å². The smallest absolute Gasteiger partial charge is 0.288 e. The van der Waals surface area contributed by atoms with Gasteiger partial charge in [-0.3, -0.25) is 4.90 Å². The van der Waals surface area contributed by atoms with Gasteiger partial charge in [-0.15, -0.1) is 5.10 Å². The summed E-state index contributed by atoms with van der Waals surface area (Å²) in [4.78, 5) is 1.14. The third kappa shape index (κ3) is 3.88. The molecular formula is C17H16F2N4O4S2. The fraction of sp³-hybridized carbons (Fsp3) is 0.294. The summed E-state index contributed by atoms with van der Waals surface area (Å²) < 4.78 is 66.3. The number of piperazine rings is 1. The molecular weight excluding hydrogens is 426 g/mol. The van der Waals surface area contributed by atoms with Crippen LogP contribution in [0.15, 0.2) is 50.3 Å². The summed E-state index contributed by atoms with van der Waals surface area (Å²) in [5.74, 6) is -1.52. The molecule has 1 aromatic carbocycles. The minimum Gasteiger partial charge on any atom is -0.459 e. The van der Waals surface area contributed by atoms with Crippen molar-refractivity contribution >= 4 is 22.2 Å². The molecule has 0 amide bonds. The number of rotatable bonds is 5. The Morgan fingerprint density at radius 3 is 2.38 bits per heavy atom. The lowest BCUT2D eigenvalue weighted by atomic mass is 10.3. The molecule has 1 aliphatic heterocycles.